The zero-order valence-corrected chi connectivity index (χ0v) is 16.9. The monoisotopic (exact) mass is 379 g/mol. The van der Waals surface area contributed by atoms with Crippen LogP contribution in [0.2, 0.25) is 0 Å². The molecule has 0 N–H and O–H groups in total. The van der Waals surface area contributed by atoms with Crippen LogP contribution in [0.25, 0.3) is 0 Å². The zero-order valence-electron chi connectivity index (χ0n) is 16.1. The van der Waals surface area contributed by atoms with Gasteiger partial charge in [0.1, 0.15) is 12.4 Å². The van der Waals surface area contributed by atoms with Crippen molar-refractivity contribution in [1.82, 2.24) is 14.8 Å². The van der Waals surface area contributed by atoms with Gasteiger partial charge in [0.05, 0.1) is 0 Å². The molecule has 0 bridgehead atoms. The number of hydrogen-bond donors (Lipinski definition) is 0. The van der Waals surface area contributed by atoms with E-state index in [2.05, 4.69) is 72.4 Å². The van der Waals surface area contributed by atoms with Crippen LogP contribution in [0, 0.1) is 20.8 Å². The fourth-order valence-electron chi connectivity index (χ4n) is 2.82. The van der Waals surface area contributed by atoms with Gasteiger partial charge in [0.25, 0.3) is 0 Å². The zero-order chi connectivity index (χ0) is 19.2. The van der Waals surface area contributed by atoms with Crippen molar-refractivity contribution in [3.63, 3.8) is 0 Å². The van der Waals surface area contributed by atoms with Crippen molar-refractivity contribution in [3.05, 3.63) is 83.2 Å². The smallest absolute Gasteiger partial charge is 0.191 e. The van der Waals surface area contributed by atoms with Gasteiger partial charge in [-0.1, -0.05) is 59.8 Å². The number of hydrogen-bond acceptors (Lipinski definition) is 4. The third-order valence-corrected chi connectivity index (χ3v) is 5.51. The summed E-state index contributed by atoms with van der Waals surface area (Å²) in [7, 11) is 0. The maximum atomic E-state index is 6.02. The van der Waals surface area contributed by atoms with Crippen LogP contribution in [0.5, 0.6) is 5.75 Å². The van der Waals surface area contributed by atoms with Crippen LogP contribution in [0.4, 0.5) is 0 Å². The second kappa shape index (κ2) is 8.91. The van der Waals surface area contributed by atoms with Gasteiger partial charge in [0, 0.05) is 12.3 Å². The van der Waals surface area contributed by atoms with Gasteiger partial charge in [-0.15, -0.1) is 16.8 Å². The summed E-state index contributed by atoms with van der Waals surface area (Å²) < 4.78 is 8.08. The molecule has 1 aromatic heterocycles. The van der Waals surface area contributed by atoms with E-state index in [0.29, 0.717) is 13.2 Å². The first-order valence-electron chi connectivity index (χ1n) is 8.99. The summed E-state index contributed by atoms with van der Waals surface area (Å²) in [6.07, 6.45) is 1.86. The standard InChI is InChI=1S/C22H25N3OS/c1-5-12-25-21(14-26-20-11-7-9-17(3)18(20)4)23-24-22(25)27-15-19-10-6-8-16(2)13-19/h5-11,13H,1,12,14-15H2,2-4H3. The van der Waals surface area contributed by atoms with Crippen LogP contribution >= 0.6 is 11.8 Å². The molecule has 2 aromatic carbocycles. The van der Waals surface area contributed by atoms with Crippen molar-refractivity contribution >= 4 is 11.8 Å². The molecule has 0 aliphatic carbocycles. The number of allylic oxidation sites excluding steroid dienone is 1. The van der Waals surface area contributed by atoms with E-state index in [0.717, 1.165) is 28.0 Å². The van der Waals surface area contributed by atoms with Gasteiger partial charge in [-0.05, 0) is 43.5 Å². The Labute approximate surface area is 165 Å². The van der Waals surface area contributed by atoms with Crippen molar-refractivity contribution in [3.8, 4) is 5.75 Å². The van der Waals surface area contributed by atoms with Crippen molar-refractivity contribution in [2.45, 2.75) is 44.8 Å². The molecule has 0 saturated carbocycles. The lowest BCUT2D eigenvalue weighted by Crippen LogP contribution is -2.08. The molecule has 0 fully saturated rings. The Bertz CT molecular complexity index is 933. The molecule has 1 heterocycles. The van der Waals surface area contributed by atoms with Crippen molar-refractivity contribution in [2.24, 2.45) is 0 Å². The van der Waals surface area contributed by atoms with Gasteiger partial charge in [0.2, 0.25) is 0 Å². The van der Waals surface area contributed by atoms with Crippen molar-refractivity contribution in [2.75, 3.05) is 0 Å². The van der Waals surface area contributed by atoms with Crippen molar-refractivity contribution in [1.29, 1.82) is 0 Å². The molecule has 0 radical (unpaired) electrons. The maximum absolute atomic E-state index is 6.02. The maximum Gasteiger partial charge on any atom is 0.191 e. The van der Waals surface area contributed by atoms with Gasteiger partial charge in [-0.3, -0.25) is 4.57 Å². The molecule has 3 rings (SSSR count). The van der Waals surface area contributed by atoms with Crippen LogP contribution in [0.3, 0.4) is 0 Å². The minimum absolute atomic E-state index is 0.385. The van der Waals surface area contributed by atoms with Crippen LogP contribution in [0.15, 0.2) is 60.3 Å². The van der Waals surface area contributed by atoms with Gasteiger partial charge in [0.15, 0.2) is 11.0 Å². The lowest BCUT2D eigenvalue weighted by molar-refractivity contribution is 0.287. The first-order valence-corrected chi connectivity index (χ1v) is 9.97. The molecule has 140 valence electrons. The van der Waals surface area contributed by atoms with Gasteiger partial charge in [-0.25, -0.2) is 0 Å². The number of benzene rings is 2. The second-order valence-electron chi connectivity index (χ2n) is 6.56. The summed E-state index contributed by atoms with van der Waals surface area (Å²) >= 11 is 1.68. The third-order valence-electron chi connectivity index (χ3n) is 4.47. The quantitative estimate of drug-likeness (QED) is 0.395. The van der Waals surface area contributed by atoms with E-state index >= 15 is 0 Å². The van der Waals surface area contributed by atoms with Crippen LogP contribution < -0.4 is 4.74 Å². The van der Waals surface area contributed by atoms with E-state index in [4.69, 9.17) is 4.74 Å². The molecule has 5 heteroatoms. The molecule has 0 spiro atoms. The summed E-state index contributed by atoms with van der Waals surface area (Å²) in [5.74, 6) is 2.55. The average molecular weight is 380 g/mol. The number of aromatic nitrogens is 3. The average Bonchev–Trinajstić information content (AvgIpc) is 3.03. The highest BCUT2D eigenvalue weighted by molar-refractivity contribution is 7.98. The molecule has 0 unspecified atom stereocenters. The Morgan fingerprint density at radius 2 is 1.93 bits per heavy atom. The molecule has 0 aliphatic heterocycles. The number of thioether (sulfide) groups is 1. The van der Waals surface area contributed by atoms with E-state index in [1.165, 1.54) is 16.7 Å². The minimum Gasteiger partial charge on any atom is -0.485 e. The molecule has 4 nitrogen and oxygen atoms in total. The first kappa shape index (κ1) is 19.2. The summed E-state index contributed by atoms with van der Waals surface area (Å²) in [6, 6.07) is 14.6. The molecule has 0 atom stereocenters. The van der Waals surface area contributed by atoms with Crippen molar-refractivity contribution < 1.29 is 4.74 Å². The normalized spacial score (nSPS) is 10.8. The summed E-state index contributed by atoms with van der Waals surface area (Å²) in [4.78, 5) is 0. The molecular weight excluding hydrogens is 354 g/mol. The van der Waals surface area contributed by atoms with Crippen LogP contribution in [-0.4, -0.2) is 14.8 Å². The second-order valence-corrected chi connectivity index (χ2v) is 7.51. The fourth-order valence-corrected chi connectivity index (χ4v) is 3.73. The van der Waals surface area contributed by atoms with E-state index < -0.39 is 0 Å². The van der Waals surface area contributed by atoms with E-state index in [-0.39, 0.29) is 0 Å². The van der Waals surface area contributed by atoms with E-state index in [1.807, 2.05) is 18.2 Å². The Hall–Kier alpha value is -2.53. The molecular formula is C22H25N3OS. The number of ether oxygens (including phenoxy) is 1. The van der Waals surface area contributed by atoms with E-state index in [1.54, 1.807) is 11.8 Å². The summed E-state index contributed by atoms with van der Waals surface area (Å²) in [5.41, 5.74) is 4.92. The topological polar surface area (TPSA) is 39.9 Å². The lowest BCUT2D eigenvalue weighted by atomic mass is 10.1. The Balaban J connectivity index is 1.72. The number of aryl methyl sites for hydroxylation is 2. The minimum atomic E-state index is 0.385. The molecule has 0 saturated heterocycles. The number of rotatable bonds is 8. The third kappa shape index (κ3) is 4.80. The molecule has 0 aliphatic rings. The van der Waals surface area contributed by atoms with Gasteiger partial charge in [-0.2, -0.15) is 0 Å². The molecule has 27 heavy (non-hydrogen) atoms. The number of nitrogens with zero attached hydrogens (tertiary/aromatic N) is 3. The highest BCUT2D eigenvalue weighted by Gasteiger charge is 2.13. The lowest BCUT2D eigenvalue weighted by Gasteiger charge is -2.12. The first-order chi connectivity index (χ1) is 13.1. The SMILES string of the molecule is C=CCn1c(COc2cccc(C)c2C)nnc1SCc1cccc(C)c1. The highest BCUT2D eigenvalue weighted by Crippen LogP contribution is 2.25. The Kier molecular flexibility index (Phi) is 6.35. The van der Waals surface area contributed by atoms with Crippen LogP contribution in [-0.2, 0) is 18.9 Å². The molecule has 3 aromatic rings. The Morgan fingerprint density at radius 3 is 2.70 bits per heavy atom. The predicted octanol–water partition coefficient (Wildman–Crippen LogP) is 5.26. The largest absolute Gasteiger partial charge is 0.485 e. The predicted molar refractivity (Wildman–Crippen MR) is 111 cm³/mol. The molecule has 0 amide bonds. The fraction of sp³-hybridized carbons (Fsp3) is 0.273. The summed E-state index contributed by atoms with van der Waals surface area (Å²) in [5, 5.41) is 9.61. The Morgan fingerprint density at radius 1 is 1.11 bits per heavy atom. The van der Waals surface area contributed by atoms with Gasteiger partial charge < -0.3 is 4.74 Å². The van der Waals surface area contributed by atoms with Crippen LogP contribution in [0.1, 0.15) is 28.1 Å². The highest BCUT2D eigenvalue weighted by atomic mass is 32.2. The van der Waals surface area contributed by atoms with E-state index in [9.17, 15) is 0 Å². The van der Waals surface area contributed by atoms with Gasteiger partial charge >= 0.3 is 0 Å². The summed E-state index contributed by atoms with van der Waals surface area (Å²) in [6.45, 7) is 11.2.